The fourth-order valence-electron chi connectivity index (χ4n) is 2.04. The maximum atomic E-state index is 5.95. The van der Waals surface area contributed by atoms with Gasteiger partial charge in [-0.2, -0.15) is 5.10 Å². The first-order valence-corrected chi connectivity index (χ1v) is 4.85. The number of hydrogen-bond donors (Lipinski definition) is 1. The highest BCUT2D eigenvalue weighted by molar-refractivity contribution is 5.08. The molecule has 1 aromatic rings. The van der Waals surface area contributed by atoms with Gasteiger partial charge in [-0.05, 0) is 23.8 Å². The minimum absolute atomic E-state index is 0.354. The Labute approximate surface area is 78.9 Å². The van der Waals surface area contributed by atoms with Gasteiger partial charge in [-0.1, -0.05) is 13.8 Å². The highest BCUT2D eigenvalue weighted by Crippen LogP contribution is 2.52. The number of aromatic nitrogens is 2. The second-order valence-corrected chi connectivity index (χ2v) is 4.51. The molecule has 0 radical (unpaired) electrons. The van der Waals surface area contributed by atoms with E-state index in [-0.39, 0.29) is 0 Å². The second kappa shape index (κ2) is 2.84. The Bertz CT molecular complexity index is 276. The van der Waals surface area contributed by atoms with E-state index in [1.54, 1.807) is 0 Å². The van der Waals surface area contributed by atoms with Crippen LogP contribution in [-0.2, 0) is 6.54 Å². The molecule has 1 aliphatic carbocycles. The average molecular weight is 179 g/mol. The molecule has 1 heterocycles. The summed E-state index contributed by atoms with van der Waals surface area (Å²) in [6.07, 6.45) is 4.97. The summed E-state index contributed by atoms with van der Waals surface area (Å²) in [6, 6.07) is 2.35. The summed E-state index contributed by atoms with van der Waals surface area (Å²) in [5, 5.41) is 4.16. The van der Waals surface area contributed by atoms with Gasteiger partial charge >= 0.3 is 0 Å². The molecule has 3 nitrogen and oxygen atoms in total. The van der Waals surface area contributed by atoms with E-state index in [1.807, 2.05) is 23.1 Å². The van der Waals surface area contributed by atoms with Crippen molar-refractivity contribution in [3.05, 3.63) is 18.5 Å². The van der Waals surface area contributed by atoms with Crippen molar-refractivity contribution < 1.29 is 0 Å². The average Bonchev–Trinajstić information content (AvgIpc) is 2.57. The molecule has 3 heteroatoms. The molecule has 1 fully saturated rings. The summed E-state index contributed by atoms with van der Waals surface area (Å²) in [5.74, 6) is 0.678. The van der Waals surface area contributed by atoms with Crippen molar-refractivity contribution in [1.29, 1.82) is 0 Å². The van der Waals surface area contributed by atoms with Crippen LogP contribution in [0.5, 0.6) is 0 Å². The molecule has 2 N–H and O–H groups in total. The lowest BCUT2D eigenvalue weighted by molar-refractivity contribution is 0.477. The molecule has 0 spiro atoms. The topological polar surface area (TPSA) is 43.8 Å². The van der Waals surface area contributed by atoms with Gasteiger partial charge in [0.05, 0.1) is 0 Å². The highest BCUT2D eigenvalue weighted by atomic mass is 15.3. The van der Waals surface area contributed by atoms with Crippen LogP contribution >= 0.6 is 0 Å². The van der Waals surface area contributed by atoms with Crippen molar-refractivity contribution >= 4 is 0 Å². The lowest BCUT2D eigenvalue weighted by Gasteiger charge is -2.02. The van der Waals surface area contributed by atoms with E-state index in [0.717, 1.165) is 13.0 Å². The lowest BCUT2D eigenvalue weighted by Crippen LogP contribution is -2.07. The molecule has 0 amide bonds. The van der Waals surface area contributed by atoms with Gasteiger partial charge < -0.3 is 5.73 Å². The third kappa shape index (κ3) is 1.48. The molecule has 0 aliphatic heterocycles. The van der Waals surface area contributed by atoms with Crippen LogP contribution < -0.4 is 5.73 Å². The second-order valence-electron chi connectivity index (χ2n) is 4.51. The minimum Gasteiger partial charge on any atom is -0.327 e. The van der Waals surface area contributed by atoms with Crippen LogP contribution in [0.25, 0.3) is 0 Å². The zero-order valence-electron chi connectivity index (χ0n) is 8.27. The first-order chi connectivity index (χ1) is 6.12. The Kier molecular flexibility index (Phi) is 1.91. The number of rotatable bonds is 3. The first kappa shape index (κ1) is 8.75. The molecule has 2 rings (SSSR count). The predicted molar refractivity (Wildman–Crippen MR) is 52.1 cm³/mol. The van der Waals surface area contributed by atoms with Gasteiger partial charge in [0.2, 0.25) is 0 Å². The van der Waals surface area contributed by atoms with Crippen molar-refractivity contribution in [3.63, 3.8) is 0 Å². The maximum absolute atomic E-state index is 5.95. The maximum Gasteiger partial charge on any atom is 0.0489 e. The molecular weight excluding hydrogens is 162 g/mol. The number of nitrogens with two attached hydrogens (primary N) is 1. The molecule has 0 saturated heterocycles. The van der Waals surface area contributed by atoms with Gasteiger partial charge in [0.1, 0.15) is 0 Å². The molecule has 2 atom stereocenters. The summed E-state index contributed by atoms with van der Waals surface area (Å²) < 4.78 is 1.97. The van der Waals surface area contributed by atoms with Crippen molar-refractivity contribution in [3.8, 4) is 0 Å². The van der Waals surface area contributed by atoms with E-state index >= 15 is 0 Å². The van der Waals surface area contributed by atoms with Crippen LogP contribution in [0.2, 0.25) is 0 Å². The fraction of sp³-hybridized carbons (Fsp3) is 0.700. The quantitative estimate of drug-likeness (QED) is 0.759. The standard InChI is InChI=1S/C10H17N3/c1-10(2)8(9(10)11)4-7-13-6-3-5-12-13/h3,5-6,8-9H,4,7,11H2,1-2H3. The number of nitrogens with zero attached hydrogens (tertiary/aromatic N) is 2. The van der Waals surface area contributed by atoms with Gasteiger partial charge in [-0.3, -0.25) is 4.68 Å². The molecule has 0 bridgehead atoms. The van der Waals surface area contributed by atoms with Gasteiger partial charge in [0.15, 0.2) is 0 Å². The molecule has 13 heavy (non-hydrogen) atoms. The van der Waals surface area contributed by atoms with E-state index in [0.29, 0.717) is 17.4 Å². The fourth-order valence-corrected chi connectivity index (χ4v) is 2.04. The van der Waals surface area contributed by atoms with Gasteiger partial charge in [0, 0.05) is 25.0 Å². The van der Waals surface area contributed by atoms with Crippen molar-refractivity contribution in [2.75, 3.05) is 0 Å². The highest BCUT2D eigenvalue weighted by Gasteiger charge is 2.54. The van der Waals surface area contributed by atoms with E-state index < -0.39 is 0 Å². The van der Waals surface area contributed by atoms with Gasteiger partial charge in [-0.15, -0.1) is 0 Å². The Balaban J connectivity index is 1.83. The lowest BCUT2D eigenvalue weighted by atomic mass is 10.1. The molecule has 72 valence electrons. The minimum atomic E-state index is 0.354. The summed E-state index contributed by atoms with van der Waals surface area (Å²) in [5.41, 5.74) is 6.31. The molecule has 1 saturated carbocycles. The summed E-state index contributed by atoms with van der Waals surface area (Å²) in [7, 11) is 0. The zero-order valence-corrected chi connectivity index (χ0v) is 8.27. The van der Waals surface area contributed by atoms with Gasteiger partial charge in [0.25, 0.3) is 0 Å². The third-order valence-corrected chi connectivity index (χ3v) is 3.37. The molecule has 1 aromatic heterocycles. The van der Waals surface area contributed by atoms with Crippen LogP contribution in [0.3, 0.4) is 0 Å². The Morgan fingerprint density at radius 3 is 2.69 bits per heavy atom. The van der Waals surface area contributed by atoms with Crippen LogP contribution in [0.15, 0.2) is 18.5 Å². The normalized spacial score (nSPS) is 30.4. The molecule has 1 aliphatic rings. The third-order valence-electron chi connectivity index (χ3n) is 3.37. The molecule has 2 unspecified atom stereocenters. The van der Waals surface area contributed by atoms with E-state index in [9.17, 15) is 0 Å². The number of aryl methyl sites for hydroxylation is 1. The van der Waals surface area contributed by atoms with Crippen molar-refractivity contribution in [1.82, 2.24) is 9.78 Å². The predicted octanol–water partition coefficient (Wildman–Crippen LogP) is 1.26. The Hall–Kier alpha value is -0.830. The molecule has 0 aromatic carbocycles. The van der Waals surface area contributed by atoms with Crippen LogP contribution in [0.4, 0.5) is 0 Å². The van der Waals surface area contributed by atoms with Crippen LogP contribution in [0.1, 0.15) is 20.3 Å². The molecular formula is C10H17N3. The van der Waals surface area contributed by atoms with E-state index in [2.05, 4.69) is 18.9 Å². The first-order valence-electron chi connectivity index (χ1n) is 4.85. The van der Waals surface area contributed by atoms with Crippen LogP contribution in [0, 0.1) is 11.3 Å². The summed E-state index contributed by atoms with van der Waals surface area (Å²) in [6.45, 7) is 5.48. The number of hydrogen-bond acceptors (Lipinski definition) is 2. The van der Waals surface area contributed by atoms with E-state index in [1.165, 1.54) is 0 Å². The largest absolute Gasteiger partial charge is 0.327 e. The monoisotopic (exact) mass is 179 g/mol. The zero-order chi connectivity index (χ0) is 9.47. The summed E-state index contributed by atoms with van der Waals surface area (Å²) in [4.78, 5) is 0. The van der Waals surface area contributed by atoms with Crippen molar-refractivity contribution in [2.24, 2.45) is 17.1 Å². The smallest absolute Gasteiger partial charge is 0.0489 e. The van der Waals surface area contributed by atoms with E-state index in [4.69, 9.17) is 5.73 Å². The van der Waals surface area contributed by atoms with Crippen LogP contribution in [-0.4, -0.2) is 15.8 Å². The van der Waals surface area contributed by atoms with Gasteiger partial charge in [-0.25, -0.2) is 0 Å². The summed E-state index contributed by atoms with van der Waals surface area (Å²) >= 11 is 0. The SMILES string of the molecule is CC1(C)C(N)C1CCn1cccn1. The Morgan fingerprint density at radius 1 is 1.54 bits per heavy atom. The Morgan fingerprint density at radius 2 is 2.23 bits per heavy atom. The van der Waals surface area contributed by atoms with Crippen molar-refractivity contribution in [2.45, 2.75) is 32.9 Å².